The second-order valence-corrected chi connectivity index (χ2v) is 6.06. The first-order valence-corrected chi connectivity index (χ1v) is 7.49. The number of urea groups is 1. The molecule has 0 saturated carbocycles. The van der Waals surface area contributed by atoms with E-state index in [9.17, 15) is 9.59 Å². The number of amides is 2. The van der Waals surface area contributed by atoms with E-state index in [2.05, 4.69) is 15.6 Å². The molecule has 3 N–H and O–H groups in total. The van der Waals surface area contributed by atoms with E-state index in [1.54, 1.807) is 18.3 Å². The topological polar surface area (TPSA) is 91.3 Å². The fourth-order valence-electron chi connectivity index (χ4n) is 1.53. The van der Waals surface area contributed by atoms with Gasteiger partial charge in [0.15, 0.2) is 0 Å². The summed E-state index contributed by atoms with van der Waals surface area (Å²) < 4.78 is 0. The number of carboxylic acids is 1. The van der Waals surface area contributed by atoms with Gasteiger partial charge in [-0.2, -0.15) is 0 Å². The molecule has 0 unspecified atom stereocenters. The van der Waals surface area contributed by atoms with Gasteiger partial charge in [0.05, 0.1) is 18.8 Å². The number of aromatic nitrogens is 1. The number of aromatic carboxylic acids is 1. The van der Waals surface area contributed by atoms with Crippen molar-refractivity contribution in [3.63, 3.8) is 0 Å². The molecule has 2 heterocycles. The Bertz CT molecular complexity index is 608. The average molecular weight is 311 g/mol. The Morgan fingerprint density at radius 2 is 2.10 bits per heavy atom. The number of hydrogen-bond acceptors (Lipinski definition) is 5. The number of thiazole rings is 1. The van der Waals surface area contributed by atoms with Crippen LogP contribution in [0.3, 0.4) is 0 Å². The molecule has 0 radical (unpaired) electrons. The summed E-state index contributed by atoms with van der Waals surface area (Å²) in [5, 5.41) is 16.8. The van der Waals surface area contributed by atoms with Crippen LogP contribution in [0.5, 0.6) is 0 Å². The Hall–Kier alpha value is -1.93. The molecule has 8 heteroatoms. The van der Waals surface area contributed by atoms with Crippen molar-refractivity contribution in [2.24, 2.45) is 0 Å². The van der Waals surface area contributed by atoms with E-state index in [0.29, 0.717) is 17.2 Å². The van der Waals surface area contributed by atoms with Crippen LogP contribution in [0.2, 0.25) is 0 Å². The second kappa shape index (κ2) is 6.49. The Labute approximate surface area is 123 Å². The minimum atomic E-state index is -0.992. The number of thiophene rings is 1. The molecule has 6 nitrogen and oxygen atoms in total. The minimum Gasteiger partial charge on any atom is -0.477 e. The highest BCUT2D eigenvalue weighted by Crippen LogP contribution is 2.17. The lowest BCUT2D eigenvalue weighted by molar-refractivity contribution is 0.0701. The number of rotatable bonds is 5. The van der Waals surface area contributed by atoms with Crippen LogP contribution < -0.4 is 10.6 Å². The van der Waals surface area contributed by atoms with Crippen molar-refractivity contribution in [1.29, 1.82) is 0 Å². The van der Waals surface area contributed by atoms with Crippen LogP contribution in [0.4, 0.5) is 4.79 Å². The zero-order valence-corrected chi connectivity index (χ0v) is 12.3. The van der Waals surface area contributed by atoms with Crippen LogP contribution in [0.25, 0.3) is 0 Å². The summed E-state index contributed by atoms with van der Waals surface area (Å²) in [4.78, 5) is 27.8. The first-order valence-electron chi connectivity index (χ1n) is 5.80. The summed E-state index contributed by atoms with van der Waals surface area (Å²) in [6.45, 7) is 2.33. The van der Waals surface area contributed by atoms with Crippen molar-refractivity contribution in [3.8, 4) is 0 Å². The highest BCUT2D eigenvalue weighted by Gasteiger charge is 2.14. The second-order valence-electron chi connectivity index (χ2n) is 3.94. The monoisotopic (exact) mass is 311 g/mol. The highest BCUT2D eigenvalue weighted by molar-refractivity contribution is 7.13. The number of nitrogens with one attached hydrogen (secondary N) is 2. The third-order valence-corrected chi connectivity index (χ3v) is 4.46. The Morgan fingerprint density at radius 1 is 1.35 bits per heavy atom. The quantitative estimate of drug-likeness (QED) is 0.789. The molecular formula is C12H13N3O3S2. The molecule has 0 spiro atoms. The maximum Gasteiger partial charge on any atom is 0.347 e. The van der Waals surface area contributed by atoms with Crippen molar-refractivity contribution in [2.75, 3.05) is 0 Å². The number of carbonyl (C=O) groups is 2. The maximum atomic E-state index is 11.6. The lowest BCUT2D eigenvalue weighted by Crippen LogP contribution is -2.34. The molecular weight excluding hydrogens is 298 g/mol. The van der Waals surface area contributed by atoms with Crippen LogP contribution in [0, 0.1) is 6.92 Å². The lowest BCUT2D eigenvalue weighted by Gasteiger charge is -2.04. The van der Waals surface area contributed by atoms with Gasteiger partial charge in [-0.25, -0.2) is 14.6 Å². The third-order valence-electron chi connectivity index (χ3n) is 2.44. The van der Waals surface area contributed by atoms with Gasteiger partial charge in [-0.15, -0.1) is 22.7 Å². The molecule has 2 rings (SSSR count). The maximum absolute atomic E-state index is 11.6. The number of carbonyl (C=O) groups excluding carboxylic acids is 1. The summed E-state index contributed by atoms with van der Waals surface area (Å²) in [5.74, 6) is -0.992. The summed E-state index contributed by atoms with van der Waals surface area (Å²) in [6, 6.07) is 3.56. The van der Waals surface area contributed by atoms with Crippen molar-refractivity contribution in [3.05, 3.63) is 38.0 Å². The molecule has 2 amide bonds. The normalized spacial score (nSPS) is 10.2. The number of carboxylic acid groups (broad SMARTS) is 1. The minimum absolute atomic E-state index is 0.209. The van der Waals surface area contributed by atoms with Gasteiger partial charge in [-0.1, -0.05) is 6.07 Å². The highest BCUT2D eigenvalue weighted by atomic mass is 32.1. The van der Waals surface area contributed by atoms with Crippen LogP contribution in [0.15, 0.2) is 17.5 Å². The van der Waals surface area contributed by atoms with Gasteiger partial charge < -0.3 is 15.7 Å². The number of hydrogen-bond donors (Lipinski definition) is 3. The van der Waals surface area contributed by atoms with Crippen molar-refractivity contribution in [2.45, 2.75) is 20.0 Å². The molecule has 0 aliphatic heterocycles. The summed E-state index contributed by atoms with van der Waals surface area (Å²) in [7, 11) is 0. The Kier molecular flexibility index (Phi) is 4.70. The third kappa shape index (κ3) is 3.78. The van der Waals surface area contributed by atoms with Crippen molar-refractivity contribution >= 4 is 34.7 Å². The van der Waals surface area contributed by atoms with E-state index in [4.69, 9.17) is 5.11 Å². The molecule has 2 aromatic heterocycles. The largest absolute Gasteiger partial charge is 0.477 e. The summed E-state index contributed by atoms with van der Waals surface area (Å²) in [5.41, 5.74) is 0.471. The number of aryl methyl sites for hydroxylation is 1. The summed E-state index contributed by atoms with van der Waals surface area (Å²) in [6.07, 6.45) is 0. The van der Waals surface area contributed by atoms with Gasteiger partial charge in [0.25, 0.3) is 0 Å². The van der Waals surface area contributed by atoms with Crippen LogP contribution in [-0.4, -0.2) is 22.1 Å². The van der Waals surface area contributed by atoms with Crippen LogP contribution in [0.1, 0.15) is 25.3 Å². The zero-order valence-electron chi connectivity index (χ0n) is 10.7. The predicted octanol–water partition coefficient (Wildman–Crippen LogP) is 2.21. The van der Waals surface area contributed by atoms with E-state index in [-0.39, 0.29) is 17.5 Å². The Balaban J connectivity index is 1.81. The van der Waals surface area contributed by atoms with Gasteiger partial charge in [-0.3, -0.25) is 0 Å². The van der Waals surface area contributed by atoms with E-state index >= 15 is 0 Å². The Morgan fingerprint density at radius 3 is 2.70 bits per heavy atom. The van der Waals surface area contributed by atoms with Crippen molar-refractivity contribution in [1.82, 2.24) is 15.6 Å². The van der Waals surface area contributed by atoms with E-state index in [1.807, 2.05) is 17.5 Å². The molecule has 20 heavy (non-hydrogen) atoms. The molecule has 0 atom stereocenters. The molecule has 0 fully saturated rings. The zero-order chi connectivity index (χ0) is 14.5. The van der Waals surface area contributed by atoms with Crippen molar-refractivity contribution < 1.29 is 14.7 Å². The SMILES string of the molecule is Cc1nc(CNC(=O)NCc2cccs2)sc1C(=O)O. The predicted molar refractivity (Wildman–Crippen MR) is 77.2 cm³/mol. The van der Waals surface area contributed by atoms with Gasteiger partial charge in [-0.05, 0) is 18.4 Å². The first kappa shape index (κ1) is 14.5. The molecule has 0 aliphatic rings. The molecule has 0 bridgehead atoms. The van der Waals surface area contributed by atoms with E-state index in [1.165, 1.54) is 0 Å². The fourth-order valence-corrected chi connectivity index (χ4v) is 3.01. The van der Waals surface area contributed by atoms with Gasteiger partial charge >= 0.3 is 12.0 Å². The van der Waals surface area contributed by atoms with E-state index in [0.717, 1.165) is 16.2 Å². The first-order chi connectivity index (χ1) is 9.56. The van der Waals surface area contributed by atoms with E-state index < -0.39 is 5.97 Å². The molecule has 106 valence electrons. The van der Waals surface area contributed by atoms with Gasteiger partial charge in [0.1, 0.15) is 9.88 Å². The van der Waals surface area contributed by atoms with Gasteiger partial charge in [0.2, 0.25) is 0 Å². The lowest BCUT2D eigenvalue weighted by atomic mass is 10.4. The molecule has 2 aromatic rings. The molecule has 0 aromatic carbocycles. The molecule has 0 aliphatic carbocycles. The van der Waals surface area contributed by atoms with Gasteiger partial charge in [0, 0.05) is 4.88 Å². The van der Waals surface area contributed by atoms with Crippen LogP contribution in [-0.2, 0) is 13.1 Å². The average Bonchev–Trinajstić information content (AvgIpc) is 3.03. The molecule has 0 saturated heterocycles. The summed E-state index contributed by atoms with van der Waals surface area (Å²) >= 11 is 2.64. The number of nitrogens with zero attached hydrogens (tertiary/aromatic N) is 1. The smallest absolute Gasteiger partial charge is 0.347 e. The fraction of sp³-hybridized carbons (Fsp3) is 0.250. The van der Waals surface area contributed by atoms with Crippen LogP contribution >= 0.6 is 22.7 Å². The standard InChI is InChI=1S/C12H13N3O3S2/c1-7-10(11(16)17)20-9(15-7)6-14-12(18)13-5-8-3-2-4-19-8/h2-4H,5-6H2,1H3,(H,16,17)(H2,13,14,18).